The van der Waals surface area contributed by atoms with Gasteiger partial charge in [0.1, 0.15) is 0 Å². The molecule has 188 valence electrons. The van der Waals surface area contributed by atoms with Crippen molar-refractivity contribution in [1.29, 1.82) is 0 Å². The van der Waals surface area contributed by atoms with Gasteiger partial charge in [0.15, 0.2) is 6.61 Å². The van der Waals surface area contributed by atoms with Gasteiger partial charge in [-0.1, -0.05) is 56.7 Å². The highest BCUT2D eigenvalue weighted by Crippen LogP contribution is 2.42. The van der Waals surface area contributed by atoms with Crippen LogP contribution in [0.4, 0.5) is 11.4 Å². The van der Waals surface area contributed by atoms with E-state index >= 15 is 0 Å². The topological polar surface area (TPSA) is 75.7 Å². The molecular formula is C29H32N2O4S. The van der Waals surface area contributed by atoms with E-state index in [1.807, 2.05) is 73.0 Å². The van der Waals surface area contributed by atoms with E-state index in [1.165, 1.54) is 11.3 Å². The first-order chi connectivity index (χ1) is 17.1. The van der Waals surface area contributed by atoms with Gasteiger partial charge in [0, 0.05) is 22.7 Å². The number of ether oxygens (including phenoxy) is 1. The Morgan fingerprint density at radius 1 is 1.06 bits per heavy atom. The van der Waals surface area contributed by atoms with Crippen molar-refractivity contribution < 1.29 is 19.1 Å². The molecule has 0 bridgehead atoms. The normalized spacial score (nSPS) is 18.1. The quantitative estimate of drug-likeness (QED) is 0.417. The summed E-state index contributed by atoms with van der Waals surface area (Å²) in [6.45, 7) is 7.99. The lowest BCUT2D eigenvalue weighted by Crippen LogP contribution is -2.46. The third kappa shape index (κ3) is 5.85. The Morgan fingerprint density at radius 3 is 2.36 bits per heavy atom. The molecule has 1 N–H and O–H groups in total. The highest BCUT2D eigenvalue weighted by molar-refractivity contribution is 7.10. The van der Waals surface area contributed by atoms with Gasteiger partial charge < -0.3 is 15.0 Å². The van der Waals surface area contributed by atoms with Crippen LogP contribution in [-0.4, -0.2) is 24.4 Å². The molecular weight excluding hydrogens is 472 g/mol. The third-order valence-corrected chi connectivity index (χ3v) is 7.37. The molecule has 1 saturated heterocycles. The summed E-state index contributed by atoms with van der Waals surface area (Å²) in [4.78, 5) is 41.4. The van der Waals surface area contributed by atoms with E-state index in [0.717, 1.165) is 21.7 Å². The predicted octanol–water partition coefficient (Wildman–Crippen LogP) is 6.02. The molecule has 6 nitrogen and oxygen atoms in total. The average Bonchev–Trinajstić information content (AvgIpc) is 3.37. The summed E-state index contributed by atoms with van der Waals surface area (Å²) in [5, 5.41) is 4.72. The summed E-state index contributed by atoms with van der Waals surface area (Å²) in [6.07, 6.45) is 0.611. The van der Waals surface area contributed by atoms with Crippen LogP contribution in [0.5, 0.6) is 0 Å². The van der Waals surface area contributed by atoms with Crippen molar-refractivity contribution in [2.75, 3.05) is 16.8 Å². The summed E-state index contributed by atoms with van der Waals surface area (Å²) < 4.78 is 5.48. The zero-order chi connectivity index (χ0) is 25.9. The van der Waals surface area contributed by atoms with Crippen molar-refractivity contribution in [2.24, 2.45) is 5.92 Å². The SMILES string of the molecule is Cc1ccc(N2C(=O)CC[C@H](C(=O)OCC(=O)Nc3ccc(C(C)(C)C)cc3)[C@@H]2c2cccs2)cc1. The number of nitrogens with zero attached hydrogens (tertiary/aromatic N) is 1. The average molecular weight is 505 g/mol. The van der Waals surface area contributed by atoms with Crippen LogP contribution < -0.4 is 10.2 Å². The standard InChI is InChI=1S/C29H32N2O4S/c1-19-7-13-22(14-8-19)31-26(33)16-15-23(27(31)24-6-5-17-36-24)28(34)35-18-25(32)30-21-11-9-20(10-12-21)29(2,3)4/h5-14,17,23,27H,15-16,18H2,1-4H3,(H,30,32)/t23-,27+/m0/s1. The molecule has 3 aromatic rings. The highest BCUT2D eigenvalue weighted by Gasteiger charge is 2.43. The van der Waals surface area contributed by atoms with E-state index < -0.39 is 23.8 Å². The Hall–Kier alpha value is -3.45. The van der Waals surface area contributed by atoms with Crippen LogP contribution in [0.3, 0.4) is 0 Å². The highest BCUT2D eigenvalue weighted by atomic mass is 32.1. The molecule has 1 aliphatic heterocycles. The maximum absolute atomic E-state index is 13.2. The van der Waals surface area contributed by atoms with Gasteiger partial charge in [-0.3, -0.25) is 14.4 Å². The van der Waals surface area contributed by atoms with Crippen LogP contribution in [0.2, 0.25) is 0 Å². The lowest BCUT2D eigenvalue weighted by atomic mass is 9.87. The lowest BCUT2D eigenvalue weighted by Gasteiger charge is -2.39. The van der Waals surface area contributed by atoms with Gasteiger partial charge in [0.05, 0.1) is 12.0 Å². The van der Waals surface area contributed by atoms with Crippen LogP contribution in [0.15, 0.2) is 66.0 Å². The number of hydrogen-bond acceptors (Lipinski definition) is 5. The maximum atomic E-state index is 13.2. The molecule has 1 aromatic heterocycles. The van der Waals surface area contributed by atoms with Crippen LogP contribution >= 0.6 is 11.3 Å². The largest absolute Gasteiger partial charge is 0.455 e. The Bertz CT molecular complexity index is 1210. The Balaban J connectivity index is 1.46. The first-order valence-electron chi connectivity index (χ1n) is 12.1. The minimum atomic E-state index is -0.568. The number of rotatable bonds is 6. The first-order valence-corrected chi connectivity index (χ1v) is 13.0. The molecule has 1 fully saturated rings. The van der Waals surface area contributed by atoms with Gasteiger partial charge in [-0.05, 0) is 60.0 Å². The molecule has 0 spiro atoms. The molecule has 0 aliphatic carbocycles. The number of hydrogen-bond donors (Lipinski definition) is 1. The van der Waals surface area contributed by atoms with Crippen molar-refractivity contribution in [2.45, 2.75) is 52.0 Å². The number of piperidine rings is 1. The summed E-state index contributed by atoms with van der Waals surface area (Å²) in [5.41, 5.74) is 3.67. The molecule has 0 radical (unpaired) electrons. The molecule has 2 amide bonds. The van der Waals surface area contributed by atoms with E-state index in [9.17, 15) is 14.4 Å². The minimum absolute atomic E-state index is 0.0189. The van der Waals surface area contributed by atoms with E-state index in [1.54, 1.807) is 4.90 Å². The van der Waals surface area contributed by atoms with Crippen LogP contribution in [0, 0.1) is 12.8 Å². The molecule has 2 atom stereocenters. The van der Waals surface area contributed by atoms with Gasteiger partial charge in [-0.15, -0.1) is 11.3 Å². The second-order valence-electron chi connectivity index (χ2n) is 10.2. The number of aryl methyl sites for hydroxylation is 1. The molecule has 7 heteroatoms. The van der Waals surface area contributed by atoms with Gasteiger partial charge in [-0.2, -0.15) is 0 Å². The number of carbonyl (C=O) groups is 3. The maximum Gasteiger partial charge on any atom is 0.311 e. The molecule has 36 heavy (non-hydrogen) atoms. The number of esters is 1. The minimum Gasteiger partial charge on any atom is -0.455 e. The molecule has 1 aliphatic rings. The molecule has 2 aromatic carbocycles. The van der Waals surface area contributed by atoms with Crippen LogP contribution in [-0.2, 0) is 24.5 Å². The Kier molecular flexibility index (Phi) is 7.59. The zero-order valence-electron chi connectivity index (χ0n) is 21.1. The number of thiophene rings is 1. The molecule has 0 unspecified atom stereocenters. The van der Waals surface area contributed by atoms with Gasteiger partial charge in [0.25, 0.3) is 5.91 Å². The number of nitrogens with one attached hydrogen (secondary N) is 1. The van der Waals surface area contributed by atoms with Crippen LogP contribution in [0.25, 0.3) is 0 Å². The van der Waals surface area contributed by atoms with Crippen LogP contribution in [0.1, 0.15) is 55.7 Å². The van der Waals surface area contributed by atoms with Gasteiger partial charge in [0.2, 0.25) is 5.91 Å². The fourth-order valence-electron chi connectivity index (χ4n) is 4.43. The smallest absolute Gasteiger partial charge is 0.311 e. The van der Waals surface area contributed by atoms with E-state index in [2.05, 4.69) is 26.1 Å². The summed E-state index contributed by atoms with van der Waals surface area (Å²) in [7, 11) is 0. The van der Waals surface area contributed by atoms with E-state index in [0.29, 0.717) is 12.1 Å². The van der Waals surface area contributed by atoms with Gasteiger partial charge in [-0.25, -0.2) is 0 Å². The molecule has 4 rings (SSSR count). The Labute approximate surface area is 216 Å². The van der Waals surface area contributed by atoms with Crippen molar-refractivity contribution >= 4 is 40.5 Å². The van der Waals surface area contributed by atoms with Crippen molar-refractivity contribution in [3.05, 3.63) is 82.0 Å². The van der Waals surface area contributed by atoms with E-state index in [4.69, 9.17) is 4.74 Å². The second-order valence-corrected chi connectivity index (χ2v) is 11.2. The third-order valence-electron chi connectivity index (χ3n) is 6.43. The number of carbonyl (C=O) groups excluding carboxylic acids is 3. The fourth-order valence-corrected chi connectivity index (χ4v) is 5.31. The number of benzene rings is 2. The summed E-state index contributed by atoms with van der Waals surface area (Å²) in [6, 6.07) is 18.7. The predicted molar refractivity (Wildman–Crippen MR) is 143 cm³/mol. The lowest BCUT2D eigenvalue weighted by molar-refractivity contribution is -0.153. The van der Waals surface area contributed by atoms with Crippen molar-refractivity contribution in [1.82, 2.24) is 0 Å². The molecule has 0 saturated carbocycles. The second kappa shape index (κ2) is 10.7. The van der Waals surface area contributed by atoms with Crippen molar-refractivity contribution in [3.63, 3.8) is 0 Å². The number of anilines is 2. The molecule has 2 heterocycles. The first kappa shape index (κ1) is 25.6. The van der Waals surface area contributed by atoms with Crippen molar-refractivity contribution in [3.8, 4) is 0 Å². The summed E-state index contributed by atoms with van der Waals surface area (Å²) >= 11 is 1.50. The summed E-state index contributed by atoms with van der Waals surface area (Å²) in [5.74, 6) is -1.47. The monoisotopic (exact) mass is 504 g/mol. The zero-order valence-corrected chi connectivity index (χ0v) is 21.9. The van der Waals surface area contributed by atoms with E-state index in [-0.39, 0.29) is 24.3 Å². The number of amides is 2. The fraction of sp³-hybridized carbons (Fsp3) is 0.345. The Morgan fingerprint density at radius 2 is 1.75 bits per heavy atom. The van der Waals surface area contributed by atoms with Gasteiger partial charge >= 0.3 is 5.97 Å².